The number of benzene rings is 2. The van der Waals surface area contributed by atoms with Crippen LogP contribution in [0.1, 0.15) is 5.56 Å². The van der Waals surface area contributed by atoms with Gasteiger partial charge in [0.05, 0.1) is 10.7 Å². The van der Waals surface area contributed by atoms with E-state index in [0.29, 0.717) is 15.1 Å². The van der Waals surface area contributed by atoms with Gasteiger partial charge < -0.3 is 20.7 Å². The van der Waals surface area contributed by atoms with E-state index in [-0.39, 0.29) is 12.2 Å². The highest BCUT2D eigenvalue weighted by molar-refractivity contribution is 14.1. The molecular formula is C15H15I3N2O7S. The third-order valence-corrected chi connectivity index (χ3v) is 5.44. The summed E-state index contributed by atoms with van der Waals surface area (Å²) in [7, 11) is -4.17. The van der Waals surface area contributed by atoms with E-state index in [1.165, 1.54) is 0 Å². The molecule has 0 spiro atoms. The molecule has 2 aromatic rings. The third-order valence-electron chi connectivity index (χ3n) is 2.97. The Morgan fingerprint density at radius 1 is 1.11 bits per heavy atom. The Labute approximate surface area is 202 Å². The van der Waals surface area contributed by atoms with Crippen LogP contribution < -0.4 is 15.6 Å². The highest BCUT2D eigenvalue weighted by Crippen LogP contribution is 2.34. The average Bonchev–Trinajstić information content (AvgIpc) is 2.52. The van der Waals surface area contributed by atoms with Crippen LogP contribution in [0.25, 0.3) is 0 Å². The zero-order valence-electron chi connectivity index (χ0n) is 13.8. The molecule has 154 valence electrons. The summed E-state index contributed by atoms with van der Waals surface area (Å²) in [5, 5.41) is 22.3. The van der Waals surface area contributed by atoms with Crippen molar-refractivity contribution in [3.05, 3.63) is 46.6 Å². The number of rotatable bonds is 5. The third kappa shape index (κ3) is 9.35. The minimum atomic E-state index is -4.17. The second-order valence-corrected chi connectivity index (χ2v) is 9.78. The van der Waals surface area contributed by atoms with Crippen LogP contribution in [0.4, 0.5) is 0 Å². The van der Waals surface area contributed by atoms with Gasteiger partial charge in [0, 0.05) is 0 Å². The first kappa shape index (κ1) is 25.6. The number of carbonyl (C=O) groups is 1. The predicted molar refractivity (Wildman–Crippen MR) is 128 cm³/mol. The lowest BCUT2D eigenvalue weighted by atomic mass is 10.1. The SMILES string of the molecule is NS(=O)(=O)O.N[C@@H](Cc1cc(I)c(Oc2ccc(O)c(I)c2)c(I)c1)C(=O)O. The second-order valence-electron chi connectivity index (χ2n) is 5.27. The number of halogens is 3. The van der Waals surface area contributed by atoms with Crippen molar-refractivity contribution < 1.29 is 32.7 Å². The second kappa shape index (κ2) is 11.1. The maximum atomic E-state index is 10.9. The molecule has 2 rings (SSSR count). The molecule has 0 radical (unpaired) electrons. The largest absolute Gasteiger partial charge is 0.507 e. The molecule has 0 amide bonds. The first-order chi connectivity index (χ1) is 12.8. The number of carboxylic acid groups (broad SMARTS) is 1. The molecule has 13 heteroatoms. The first-order valence-electron chi connectivity index (χ1n) is 7.15. The van der Waals surface area contributed by atoms with Gasteiger partial charge in [0.25, 0.3) is 0 Å². The molecule has 0 aliphatic heterocycles. The lowest BCUT2D eigenvalue weighted by Gasteiger charge is -2.13. The van der Waals surface area contributed by atoms with Crippen molar-refractivity contribution in [3.8, 4) is 17.2 Å². The Hall–Kier alpha value is -0.470. The van der Waals surface area contributed by atoms with Crippen LogP contribution >= 0.6 is 67.8 Å². The fourth-order valence-electron chi connectivity index (χ4n) is 1.84. The Morgan fingerprint density at radius 2 is 1.61 bits per heavy atom. The van der Waals surface area contributed by atoms with Crippen molar-refractivity contribution in [3.63, 3.8) is 0 Å². The number of nitrogens with two attached hydrogens (primary N) is 2. The summed E-state index contributed by atoms with van der Waals surface area (Å²) in [5.74, 6) is 0.507. The van der Waals surface area contributed by atoms with Crippen LogP contribution in [0.15, 0.2) is 30.3 Å². The fraction of sp³-hybridized carbons (Fsp3) is 0.133. The fourth-order valence-corrected chi connectivity index (χ4v) is 4.44. The van der Waals surface area contributed by atoms with Crippen LogP contribution in [0, 0.1) is 10.7 Å². The number of hydrogen-bond acceptors (Lipinski definition) is 6. The predicted octanol–water partition coefficient (Wildman–Crippen LogP) is 2.70. The topological polar surface area (TPSA) is 173 Å². The lowest BCUT2D eigenvalue weighted by Crippen LogP contribution is -2.32. The van der Waals surface area contributed by atoms with E-state index in [1.807, 2.05) is 34.7 Å². The van der Waals surface area contributed by atoms with Crippen molar-refractivity contribution in [2.45, 2.75) is 12.5 Å². The first-order valence-corrected chi connectivity index (χ1v) is 11.9. The number of aromatic hydroxyl groups is 1. The molecule has 0 bridgehead atoms. The number of ether oxygens (including phenoxy) is 1. The molecule has 2 aromatic carbocycles. The van der Waals surface area contributed by atoms with Crippen LogP contribution in [-0.2, 0) is 21.5 Å². The molecule has 0 saturated heterocycles. The van der Waals surface area contributed by atoms with E-state index in [9.17, 15) is 9.90 Å². The number of aliphatic carboxylic acids is 1. The Balaban J connectivity index is 0.000000696. The highest BCUT2D eigenvalue weighted by Gasteiger charge is 2.16. The molecule has 0 aliphatic rings. The number of phenolic OH excluding ortho intramolecular Hbond substituents is 1. The number of phenols is 1. The standard InChI is InChI=1S/C15H12I3NO4.H3NO3S/c16-9-6-8(1-2-13(9)20)23-14-10(17)3-7(4-11(14)18)5-12(19)15(21)22;1-5(2,3)4/h1-4,6,12,20H,5,19H2,(H,21,22);(H3,1,2,3,4)/t12-;/m0./s1. The summed E-state index contributed by atoms with van der Waals surface area (Å²) in [4.78, 5) is 10.9. The molecule has 0 fully saturated rings. The van der Waals surface area contributed by atoms with Gasteiger partial charge in [0.1, 0.15) is 17.5 Å². The maximum Gasteiger partial charge on any atom is 0.330 e. The van der Waals surface area contributed by atoms with Gasteiger partial charge in [-0.05, 0) is 110 Å². The monoisotopic (exact) mass is 748 g/mol. The van der Waals surface area contributed by atoms with Crippen molar-refractivity contribution in [1.29, 1.82) is 0 Å². The molecule has 0 aromatic heterocycles. The number of hydrogen-bond donors (Lipinski definition) is 5. The van der Waals surface area contributed by atoms with Crippen molar-refractivity contribution in [2.24, 2.45) is 10.9 Å². The summed E-state index contributed by atoms with van der Waals surface area (Å²) in [6, 6.07) is 7.83. The van der Waals surface area contributed by atoms with Gasteiger partial charge in [-0.3, -0.25) is 9.35 Å². The lowest BCUT2D eigenvalue weighted by molar-refractivity contribution is -0.138. The molecular weight excluding hydrogens is 733 g/mol. The molecule has 0 saturated carbocycles. The summed E-state index contributed by atoms with van der Waals surface area (Å²) < 4.78 is 33.5. The van der Waals surface area contributed by atoms with Gasteiger partial charge in [0.2, 0.25) is 0 Å². The molecule has 0 heterocycles. The van der Waals surface area contributed by atoms with Gasteiger partial charge in [0.15, 0.2) is 5.75 Å². The quantitative estimate of drug-likeness (QED) is 0.230. The summed E-state index contributed by atoms with van der Waals surface area (Å²) in [6.45, 7) is 0. The summed E-state index contributed by atoms with van der Waals surface area (Å²) >= 11 is 6.33. The molecule has 0 aliphatic carbocycles. The highest BCUT2D eigenvalue weighted by atomic mass is 127. The molecule has 1 atom stereocenters. The Kier molecular flexibility index (Phi) is 10.1. The van der Waals surface area contributed by atoms with Gasteiger partial charge in [-0.2, -0.15) is 8.42 Å². The van der Waals surface area contributed by atoms with Crippen LogP contribution in [-0.4, -0.2) is 35.2 Å². The van der Waals surface area contributed by atoms with Crippen LogP contribution in [0.2, 0.25) is 0 Å². The van der Waals surface area contributed by atoms with Crippen molar-refractivity contribution >= 4 is 84.0 Å². The maximum absolute atomic E-state index is 10.9. The van der Waals surface area contributed by atoms with E-state index in [0.717, 1.165) is 12.7 Å². The molecule has 9 nitrogen and oxygen atoms in total. The van der Waals surface area contributed by atoms with Crippen molar-refractivity contribution in [2.75, 3.05) is 0 Å². The number of carboxylic acids is 1. The molecule has 7 N–H and O–H groups in total. The normalized spacial score (nSPS) is 11.9. The zero-order valence-corrected chi connectivity index (χ0v) is 21.1. The van der Waals surface area contributed by atoms with Crippen LogP contribution in [0.3, 0.4) is 0 Å². The molecule has 28 heavy (non-hydrogen) atoms. The Bertz CT molecular complexity index is 939. The summed E-state index contributed by atoms with van der Waals surface area (Å²) in [6.07, 6.45) is 0.263. The minimum absolute atomic E-state index is 0.209. The zero-order chi connectivity index (χ0) is 21.6. The average molecular weight is 748 g/mol. The summed E-state index contributed by atoms with van der Waals surface area (Å²) in [5.41, 5.74) is 6.43. The van der Waals surface area contributed by atoms with Gasteiger partial charge >= 0.3 is 16.3 Å². The van der Waals surface area contributed by atoms with E-state index < -0.39 is 22.3 Å². The minimum Gasteiger partial charge on any atom is -0.507 e. The molecule has 0 unspecified atom stereocenters. The van der Waals surface area contributed by atoms with Crippen LogP contribution in [0.5, 0.6) is 17.2 Å². The van der Waals surface area contributed by atoms with E-state index in [4.69, 9.17) is 28.5 Å². The van der Waals surface area contributed by atoms with E-state index in [2.05, 4.69) is 50.3 Å². The smallest absolute Gasteiger partial charge is 0.330 e. The van der Waals surface area contributed by atoms with Gasteiger partial charge in [-0.25, -0.2) is 5.14 Å². The van der Waals surface area contributed by atoms with E-state index >= 15 is 0 Å². The van der Waals surface area contributed by atoms with Crippen molar-refractivity contribution in [1.82, 2.24) is 0 Å². The van der Waals surface area contributed by atoms with Gasteiger partial charge in [-0.15, -0.1) is 0 Å². The van der Waals surface area contributed by atoms with E-state index in [1.54, 1.807) is 18.2 Å². The van der Waals surface area contributed by atoms with Gasteiger partial charge in [-0.1, -0.05) is 0 Å². The Morgan fingerprint density at radius 3 is 2.04 bits per heavy atom.